The zero-order chi connectivity index (χ0) is 15.3. The number of para-hydroxylation sites is 1. The van der Waals surface area contributed by atoms with Crippen LogP contribution in [0.5, 0.6) is 0 Å². The lowest BCUT2D eigenvalue weighted by atomic mass is 10.1. The molecule has 1 atom stereocenters. The van der Waals surface area contributed by atoms with Gasteiger partial charge in [-0.25, -0.2) is 0 Å². The van der Waals surface area contributed by atoms with Crippen molar-refractivity contribution in [1.29, 1.82) is 0 Å². The van der Waals surface area contributed by atoms with Crippen molar-refractivity contribution in [2.24, 2.45) is 5.92 Å². The van der Waals surface area contributed by atoms with Crippen molar-refractivity contribution in [2.75, 3.05) is 5.32 Å². The minimum atomic E-state index is -0.912. The standard InChI is InChI=1S/C15H19NO4/c1-9(2)15(19)20-11(4)14(18)16-13-8-6-5-7-12(13)10(3)17/h5-9,11H,1-4H3,(H,16,18). The first-order valence-electron chi connectivity index (χ1n) is 6.44. The van der Waals surface area contributed by atoms with Gasteiger partial charge in [-0.15, -0.1) is 0 Å². The lowest BCUT2D eigenvalue weighted by Gasteiger charge is -2.16. The fraction of sp³-hybridized carbons (Fsp3) is 0.400. The highest BCUT2D eigenvalue weighted by Gasteiger charge is 2.20. The Morgan fingerprint density at radius 2 is 1.70 bits per heavy atom. The van der Waals surface area contributed by atoms with Crippen molar-refractivity contribution in [3.05, 3.63) is 29.8 Å². The van der Waals surface area contributed by atoms with E-state index in [2.05, 4.69) is 5.32 Å². The first-order valence-corrected chi connectivity index (χ1v) is 6.44. The zero-order valence-electron chi connectivity index (χ0n) is 12.1. The molecule has 20 heavy (non-hydrogen) atoms. The van der Waals surface area contributed by atoms with Crippen molar-refractivity contribution >= 4 is 23.3 Å². The molecule has 1 amide bonds. The molecule has 0 fully saturated rings. The first-order chi connectivity index (χ1) is 9.32. The van der Waals surface area contributed by atoms with Gasteiger partial charge in [-0.2, -0.15) is 0 Å². The highest BCUT2D eigenvalue weighted by atomic mass is 16.5. The first kappa shape index (κ1) is 15.9. The number of anilines is 1. The summed E-state index contributed by atoms with van der Waals surface area (Å²) in [6.07, 6.45) is -0.912. The van der Waals surface area contributed by atoms with Crippen LogP contribution in [0.25, 0.3) is 0 Å². The molecule has 1 rings (SSSR count). The molecule has 1 aromatic carbocycles. The third-order valence-corrected chi connectivity index (χ3v) is 2.70. The summed E-state index contributed by atoms with van der Waals surface area (Å²) in [6, 6.07) is 6.69. The Bertz CT molecular complexity index is 522. The van der Waals surface area contributed by atoms with E-state index < -0.39 is 18.0 Å². The molecule has 0 aliphatic rings. The van der Waals surface area contributed by atoms with Gasteiger partial charge in [0.15, 0.2) is 11.9 Å². The van der Waals surface area contributed by atoms with Crippen molar-refractivity contribution in [2.45, 2.75) is 33.8 Å². The maximum atomic E-state index is 11.9. The minimum Gasteiger partial charge on any atom is -0.452 e. The number of amides is 1. The van der Waals surface area contributed by atoms with Gasteiger partial charge in [-0.1, -0.05) is 26.0 Å². The molecule has 1 unspecified atom stereocenters. The van der Waals surface area contributed by atoms with Crippen LogP contribution in [0.3, 0.4) is 0 Å². The fourth-order valence-electron chi connectivity index (χ4n) is 1.50. The quantitative estimate of drug-likeness (QED) is 0.662. The third kappa shape index (κ3) is 4.19. The number of ether oxygens (including phenoxy) is 1. The maximum Gasteiger partial charge on any atom is 0.309 e. The van der Waals surface area contributed by atoms with Crippen LogP contribution in [-0.2, 0) is 14.3 Å². The Morgan fingerprint density at radius 1 is 1.10 bits per heavy atom. The van der Waals surface area contributed by atoms with E-state index in [0.29, 0.717) is 11.3 Å². The summed E-state index contributed by atoms with van der Waals surface area (Å²) in [5.74, 6) is -1.34. The van der Waals surface area contributed by atoms with Crippen molar-refractivity contribution in [3.63, 3.8) is 0 Å². The van der Waals surface area contributed by atoms with Crippen molar-refractivity contribution in [1.82, 2.24) is 0 Å². The summed E-state index contributed by atoms with van der Waals surface area (Å²) in [7, 11) is 0. The van der Waals surface area contributed by atoms with E-state index in [-0.39, 0.29) is 11.7 Å². The van der Waals surface area contributed by atoms with Crippen LogP contribution in [0.4, 0.5) is 5.69 Å². The molecule has 0 heterocycles. The smallest absolute Gasteiger partial charge is 0.309 e. The van der Waals surface area contributed by atoms with Gasteiger partial charge in [0.2, 0.25) is 0 Å². The number of hydrogen-bond acceptors (Lipinski definition) is 4. The lowest BCUT2D eigenvalue weighted by Crippen LogP contribution is -2.31. The predicted octanol–water partition coefficient (Wildman–Crippen LogP) is 2.42. The molecule has 0 radical (unpaired) electrons. The summed E-state index contributed by atoms with van der Waals surface area (Å²) in [4.78, 5) is 34.8. The van der Waals surface area contributed by atoms with Gasteiger partial charge in [0.1, 0.15) is 0 Å². The van der Waals surface area contributed by atoms with Gasteiger partial charge in [0.25, 0.3) is 5.91 Å². The van der Waals surface area contributed by atoms with Crippen LogP contribution in [0.15, 0.2) is 24.3 Å². The van der Waals surface area contributed by atoms with Crippen LogP contribution >= 0.6 is 0 Å². The molecular formula is C15H19NO4. The number of ketones is 1. The van der Waals surface area contributed by atoms with E-state index in [1.54, 1.807) is 38.1 Å². The molecule has 0 saturated heterocycles. The molecule has 0 bridgehead atoms. The molecule has 5 nitrogen and oxygen atoms in total. The van der Waals surface area contributed by atoms with Crippen molar-refractivity contribution < 1.29 is 19.1 Å². The van der Waals surface area contributed by atoms with Gasteiger partial charge < -0.3 is 10.1 Å². The molecule has 108 valence electrons. The molecule has 0 spiro atoms. The van der Waals surface area contributed by atoms with Crippen LogP contribution in [0.2, 0.25) is 0 Å². The van der Waals surface area contributed by atoms with E-state index in [1.807, 2.05) is 0 Å². The number of carbonyl (C=O) groups excluding carboxylic acids is 3. The summed E-state index contributed by atoms with van der Waals surface area (Å²) < 4.78 is 5.01. The number of carbonyl (C=O) groups is 3. The second-order valence-corrected chi connectivity index (χ2v) is 4.82. The highest BCUT2D eigenvalue weighted by Crippen LogP contribution is 2.16. The monoisotopic (exact) mass is 277 g/mol. The van der Waals surface area contributed by atoms with E-state index in [9.17, 15) is 14.4 Å². The molecule has 1 N–H and O–H groups in total. The van der Waals surface area contributed by atoms with Gasteiger partial charge in [-0.3, -0.25) is 14.4 Å². The Balaban J connectivity index is 2.76. The molecule has 0 aromatic heterocycles. The molecule has 0 saturated carbocycles. The average Bonchev–Trinajstić information content (AvgIpc) is 2.38. The van der Waals surface area contributed by atoms with Crippen molar-refractivity contribution in [3.8, 4) is 0 Å². The Labute approximate surface area is 118 Å². The Hall–Kier alpha value is -2.17. The number of rotatable bonds is 5. The fourth-order valence-corrected chi connectivity index (χ4v) is 1.50. The molecule has 0 aliphatic carbocycles. The predicted molar refractivity (Wildman–Crippen MR) is 75.5 cm³/mol. The maximum absolute atomic E-state index is 11.9. The number of hydrogen-bond donors (Lipinski definition) is 1. The number of Topliss-reactive ketones (excluding diaryl/α,β-unsaturated/α-hetero) is 1. The van der Waals surface area contributed by atoms with Gasteiger partial charge in [0, 0.05) is 5.56 Å². The lowest BCUT2D eigenvalue weighted by molar-refractivity contribution is -0.156. The number of benzene rings is 1. The van der Waals surface area contributed by atoms with Gasteiger partial charge in [-0.05, 0) is 26.0 Å². The molecule has 1 aromatic rings. The van der Waals surface area contributed by atoms with E-state index >= 15 is 0 Å². The SMILES string of the molecule is CC(=O)c1ccccc1NC(=O)C(C)OC(=O)C(C)C. The summed E-state index contributed by atoms with van der Waals surface area (Å²) in [5.41, 5.74) is 0.834. The minimum absolute atomic E-state index is 0.146. The summed E-state index contributed by atoms with van der Waals surface area (Å²) in [6.45, 7) is 6.30. The number of nitrogens with one attached hydrogen (secondary N) is 1. The topological polar surface area (TPSA) is 72.5 Å². The van der Waals surface area contributed by atoms with Crippen LogP contribution in [0, 0.1) is 5.92 Å². The normalized spacial score (nSPS) is 11.8. The zero-order valence-corrected chi connectivity index (χ0v) is 12.1. The Kier molecular flexibility index (Phi) is 5.43. The second-order valence-electron chi connectivity index (χ2n) is 4.82. The second kappa shape index (κ2) is 6.84. The molecular weight excluding hydrogens is 258 g/mol. The summed E-state index contributed by atoms with van der Waals surface area (Å²) in [5, 5.41) is 2.60. The average molecular weight is 277 g/mol. The Morgan fingerprint density at radius 3 is 2.25 bits per heavy atom. The molecule has 0 aliphatic heterocycles. The highest BCUT2D eigenvalue weighted by molar-refractivity contribution is 6.04. The number of esters is 1. The van der Waals surface area contributed by atoms with E-state index in [1.165, 1.54) is 13.8 Å². The summed E-state index contributed by atoms with van der Waals surface area (Å²) >= 11 is 0. The van der Waals surface area contributed by atoms with Crippen LogP contribution in [0.1, 0.15) is 38.1 Å². The molecule has 5 heteroatoms. The van der Waals surface area contributed by atoms with Crippen LogP contribution < -0.4 is 5.32 Å². The third-order valence-electron chi connectivity index (χ3n) is 2.70. The van der Waals surface area contributed by atoms with Gasteiger partial charge >= 0.3 is 5.97 Å². The van der Waals surface area contributed by atoms with Gasteiger partial charge in [0.05, 0.1) is 11.6 Å². The van der Waals surface area contributed by atoms with E-state index in [0.717, 1.165) is 0 Å². The van der Waals surface area contributed by atoms with Crippen LogP contribution in [-0.4, -0.2) is 23.8 Å². The van der Waals surface area contributed by atoms with E-state index in [4.69, 9.17) is 4.74 Å². The largest absolute Gasteiger partial charge is 0.452 e.